The maximum absolute atomic E-state index is 12.3. The van der Waals surface area contributed by atoms with E-state index in [-0.39, 0.29) is 5.82 Å². The number of nitrogens with zero attached hydrogens (tertiary/aromatic N) is 1. The minimum atomic E-state index is -0.833. The fourth-order valence-electron chi connectivity index (χ4n) is 0.721. The van der Waals surface area contributed by atoms with E-state index in [1.165, 1.54) is 30.3 Å². The minimum absolute atomic E-state index is 0.353. The van der Waals surface area contributed by atoms with Gasteiger partial charge in [0.05, 0.1) is 4.92 Å². The SMILES string of the molecule is CC(=O)O.O=[N+]([O-])/C=C/c1ccc(F)cc1. The number of hydrogen-bond acceptors (Lipinski definition) is 3. The summed E-state index contributed by atoms with van der Waals surface area (Å²) < 4.78 is 12.3. The molecule has 0 amide bonds. The van der Waals surface area contributed by atoms with Crippen LogP contribution in [0.2, 0.25) is 0 Å². The Bertz CT molecular complexity index is 382. The second-order valence-electron chi connectivity index (χ2n) is 2.67. The van der Waals surface area contributed by atoms with Crippen molar-refractivity contribution in [3.05, 3.63) is 52.0 Å². The van der Waals surface area contributed by atoms with Crippen LogP contribution in [0.1, 0.15) is 12.5 Å². The van der Waals surface area contributed by atoms with Crippen molar-refractivity contribution < 1.29 is 19.2 Å². The number of halogens is 1. The summed E-state index contributed by atoms with van der Waals surface area (Å²) in [5.74, 6) is -1.19. The average molecular weight is 227 g/mol. The summed E-state index contributed by atoms with van der Waals surface area (Å²) in [6.07, 6.45) is 2.12. The van der Waals surface area contributed by atoms with Gasteiger partial charge in [0.25, 0.3) is 5.97 Å². The molecule has 0 spiro atoms. The van der Waals surface area contributed by atoms with E-state index in [2.05, 4.69) is 0 Å². The van der Waals surface area contributed by atoms with Gasteiger partial charge in [0, 0.05) is 13.0 Å². The highest BCUT2D eigenvalue weighted by Crippen LogP contribution is 2.04. The van der Waals surface area contributed by atoms with Crippen molar-refractivity contribution >= 4 is 12.0 Å². The Morgan fingerprint density at radius 1 is 1.44 bits per heavy atom. The second kappa shape index (κ2) is 7.10. The average Bonchev–Trinajstić information content (AvgIpc) is 2.16. The molecular weight excluding hydrogens is 217 g/mol. The molecule has 0 aliphatic carbocycles. The van der Waals surface area contributed by atoms with Gasteiger partial charge in [0.1, 0.15) is 5.82 Å². The van der Waals surface area contributed by atoms with Gasteiger partial charge in [-0.3, -0.25) is 14.9 Å². The standard InChI is InChI=1S/C8H6FNO2.C2H4O2/c9-8-3-1-7(2-4-8)5-6-10(11)12;1-2(3)4/h1-6H;1H3,(H,3,4)/b6-5+;. The first-order valence-electron chi connectivity index (χ1n) is 4.18. The first-order chi connectivity index (χ1) is 7.41. The molecule has 86 valence electrons. The van der Waals surface area contributed by atoms with Gasteiger partial charge in [-0.1, -0.05) is 12.1 Å². The maximum Gasteiger partial charge on any atom is 0.300 e. The fraction of sp³-hybridized carbons (Fsp3) is 0.100. The molecule has 1 N–H and O–H groups in total. The summed E-state index contributed by atoms with van der Waals surface area (Å²) in [6.45, 7) is 1.08. The van der Waals surface area contributed by atoms with Gasteiger partial charge >= 0.3 is 0 Å². The highest BCUT2D eigenvalue weighted by atomic mass is 19.1. The molecule has 0 radical (unpaired) electrons. The molecule has 16 heavy (non-hydrogen) atoms. The summed E-state index contributed by atoms with van der Waals surface area (Å²) in [7, 11) is 0. The molecule has 1 aromatic rings. The Hall–Kier alpha value is -2.24. The van der Waals surface area contributed by atoms with Crippen LogP contribution in [0.15, 0.2) is 30.5 Å². The highest BCUT2D eigenvalue weighted by Gasteiger charge is 1.90. The highest BCUT2D eigenvalue weighted by molar-refractivity contribution is 5.62. The van der Waals surface area contributed by atoms with E-state index in [4.69, 9.17) is 9.90 Å². The van der Waals surface area contributed by atoms with E-state index < -0.39 is 10.9 Å². The predicted molar refractivity (Wildman–Crippen MR) is 55.7 cm³/mol. The summed E-state index contributed by atoms with van der Waals surface area (Å²) in [5, 5.41) is 17.3. The van der Waals surface area contributed by atoms with Gasteiger partial charge in [-0.15, -0.1) is 0 Å². The molecule has 6 heteroatoms. The number of benzene rings is 1. The largest absolute Gasteiger partial charge is 0.481 e. The quantitative estimate of drug-likeness (QED) is 0.620. The predicted octanol–water partition coefficient (Wildman–Crippen LogP) is 2.16. The first kappa shape index (κ1) is 13.8. The second-order valence-corrected chi connectivity index (χ2v) is 2.67. The topological polar surface area (TPSA) is 80.4 Å². The fourth-order valence-corrected chi connectivity index (χ4v) is 0.721. The number of nitro groups is 1. The van der Waals surface area contributed by atoms with Crippen LogP contribution in [0.25, 0.3) is 6.08 Å². The van der Waals surface area contributed by atoms with Crippen molar-refractivity contribution in [3.8, 4) is 0 Å². The molecule has 0 aliphatic heterocycles. The molecule has 1 rings (SSSR count). The smallest absolute Gasteiger partial charge is 0.300 e. The zero-order valence-corrected chi connectivity index (χ0v) is 8.46. The molecule has 5 nitrogen and oxygen atoms in total. The van der Waals surface area contributed by atoms with Gasteiger partial charge in [0.15, 0.2) is 0 Å². The number of hydrogen-bond donors (Lipinski definition) is 1. The van der Waals surface area contributed by atoms with E-state index in [9.17, 15) is 14.5 Å². The number of carboxylic acid groups (broad SMARTS) is 1. The first-order valence-corrected chi connectivity index (χ1v) is 4.18. The number of carboxylic acids is 1. The van der Waals surface area contributed by atoms with Gasteiger partial charge in [0.2, 0.25) is 6.20 Å². The van der Waals surface area contributed by atoms with Crippen LogP contribution in [-0.4, -0.2) is 16.0 Å². The summed E-state index contributed by atoms with van der Waals surface area (Å²) in [5.41, 5.74) is 0.605. The molecule has 0 saturated carbocycles. The van der Waals surface area contributed by atoms with Crippen molar-refractivity contribution in [2.24, 2.45) is 0 Å². The van der Waals surface area contributed by atoms with Crippen molar-refractivity contribution in [2.45, 2.75) is 6.92 Å². The molecule has 1 aromatic carbocycles. The van der Waals surface area contributed by atoms with Gasteiger partial charge < -0.3 is 5.11 Å². The monoisotopic (exact) mass is 227 g/mol. The lowest BCUT2D eigenvalue weighted by atomic mass is 10.2. The molecule has 0 unspecified atom stereocenters. The molecule has 0 bridgehead atoms. The van der Waals surface area contributed by atoms with Crippen molar-refractivity contribution in [3.63, 3.8) is 0 Å². The number of aliphatic carboxylic acids is 1. The third-order valence-corrected chi connectivity index (χ3v) is 1.26. The molecule has 0 saturated heterocycles. The van der Waals surface area contributed by atoms with Crippen LogP contribution < -0.4 is 0 Å². The molecule has 0 aliphatic rings. The van der Waals surface area contributed by atoms with Crippen LogP contribution in [0.3, 0.4) is 0 Å². The third kappa shape index (κ3) is 8.36. The molecule has 0 atom stereocenters. The summed E-state index contributed by atoms with van der Waals surface area (Å²) >= 11 is 0. The van der Waals surface area contributed by atoms with Crippen molar-refractivity contribution in [1.82, 2.24) is 0 Å². The van der Waals surface area contributed by atoms with E-state index in [1.54, 1.807) is 0 Å². The van der Waals surface area contributed by atoms with Crippen LogP contribution in [0.5, 0.6) is 0 Å². The van der Waals surface area contributed by atoms with Crippen LogP contribution in [0, 0.1) is 15.9 Å². The van der Waals surface area contributed by atoms with Gasteiger partial charge in [-0.2, -0.15) is 0 Å². The molecular formula is C10H10FNO4. The van der Waals surface area contributed by atoms with Gasteiger partial charge in [-0.05, 0) is 17.7 Å². The Morgan fingerprint density at radius 3 is 2.25 bits per heavy atom. The van der Waals surface area contributed by atoms with Crippen molar-refractivity contribution in [2.75, 3.05) is 0 Å². The number of rotatable bonds is 2. The maximum atomic E-state index is 12.3. The molecule has 0 aromatic heterocycles. The van der Waals surface area contributed by atoms with E-state index in [0.29, 0.717) is 5.56 Å². The number of carbonyl (C=O) groups is 1. The van der Waals surface area contributed by atoms with Crippen LogP contribution in [0.4, 0.5) is 4.39 Å². The normalized spacial score (nSPS) is 9.38. The third-order valence-electron chi connectivity index (χ3n) is 1.26. The van der Waals surface area contributed by atoms with Crippen LogP contribution >= 0.6 is 0 Å². The Morgan fingerprint density at radius 2 is 1.88 bits per heavy atom. The Kier molecular flexibility index (Phi) is 6.11. The van der Waals surface area contributed by atoms with E-state index in [0.717, 1.165) is 13.1 Å². The Balaban J connectivity index is 0.000000487. The lowest BCUT2D eigenvalue weighted by Crippen LogP contribution is -1.82. The minimum Gasteiger partial charge on any atom is -0.481 e. The van der Waals surface area contributed by atoms with Crippen molar-refractivity contribution in [1.29, 1.82) is 0 Å². The molecule has 0 fully saturated rings. The lowest BCUT2D eigenvalue weighted by molar-refractivity contribution is -0.400. The summed E-state index contributed by atoms with van der Waals surface area (Å²) in [6, 6.07) is 5.43. The summed E-state index contributed by atoms with van der Waals surface area (Å²) in [4.78, 5) is 18.3. The molecule has 0 heterocycles. The Labute approximate surface area is 91.0 Å². The van der Waals surface area contributed by atoms with E-state index >= 15 is 0 Å². The zero-order valence-electron chi connectivity index (χ0n) is 8.46. The van der Waals surface area contributed by atoms with Crippen LogP contribution in [-0.2, 0) is 4.79 Å². The lowest BCUT2D eigenvalue weighted by Gasteiger charge is -1.89. The zero-order chi connectivity index (χ0) is 12.6. The van der Waals surface area contributed by atoms with E-state index in [1.807, 2.05) is 0 Å². The van der Waals surface area contributed by atoms with Gasteiger partial charge in [-0.25, -0.2) is 4.39 Å².